The number of carbonyl (C=O) groups is 1. The van der Waals surface area contributed by atoms with Gasteiger partial charge in [0.2, 0.25) is 0 Å². The molecule has 3 atom stereocenters. The van der Waals surface area contributed by atoms with Crippen molar-refractivity contribution in [2.24, 2.45) is 0 Å². The van der Waals surface area contributed by atoms with Crippen LogP contribution in [0.25, 0.3) is 0 Å². The molecular formula is C17H23NO3. The number of rotatable bonds is 3. The Hall–Kier alpha value is -1.39. The Labute approximate surface area is 125 Å². The van der Waals surface area contributed by atoms with Crippen molar-refractivity contribution in [2.75, 3.05) is 13.2 Å². The molecule has 114 valence electrons. The molecule has 21 heavy (non-hydrogen) atoms. The van der Waals surface area contributed by atoms with E-state index in [1.165, 1.54) is 0 Å². The number of aliphatic carboxylic acids is 1. The van der Waals surface area contributed by atoms with E-state index in [1.807, 2.05) is 18.2 Å². The van der Waals surface area contributed by atoms with E-state index in [1.54, 1.807) is 0 Å². The van der Waals surface area contributed by atoms with Crippen LogP contribution in [0.1, 0.15) is 43.2 Å². The van der Waals surface area contributed by atoms with E-state index in [0.717, 1.165) is 43.5 Å². The van der Waals surface area contributed by atoms with Gasteiger partial charge in [-0.1, -0.05) is 31.2 Å². The van der Waals surface area contributed by atoms with Crippen LogP contribution in [-0.4, -0.2) is 41.3 Å². The van der Waals surface area contributed by atoms with Gasteiger partial charge in [0.25, 0.3) is 0 Å². The smallest absolute Gasteiger partial charge is 0.312 e. The quantitative estimate of drug-likeness (QED) is 0.929. The van der Waals surface area contributed by atoms with E-state index in [4.69, 9.17) is 4.74 Å². The molecule has 1 N–H and O–H groups in total. The Morgan fingerprint density at radius 3 is 3.00 bits per heavy atom. The van der Waals surface area contributed by atoms with Gasteiger partial charge in [0.1, 0.15) is 0 Å². The van der Waals surface area contributed by atoms with Crippen molar-refractivity contribution in [3.63, 3.8) is 0 Å². The summed E-state index contributed by atoms with van der Waals surface area (Å²) in [5, 5.41) is 9.55. The zero-order valence-corrected chi connectivity index (χ0v) is 12.5. The van der Waals surface area contributed by atoms with Gasteiger partial charge >= 0.3 is 5.97 Å². The molecule has 0 aromatic heterocycles. The predicted molar refractivity (Wildman–Crippen MR) is 80.3 cm³/mol. The highest BCUT2D eigenvalue weighted by atomic mass is 16.5. The highest BCUT2D eigenvalue weighted by Crippen LogP contribution is 2.32. The third-order valence-electron chi connectivity index (χ3n) is 4.83. The lowest BCUT2D eigenvalue weighted by molar-refractivity contribution is -0.140. The summed E-state index contributed by atoms with van der Waals surface area (Å²) in [6.07, 6.45) is 3.38. The van der Waals surface area contributed by atoms with Gasteiger partial charge in [-0.15, -0.1) is 0 Å². The molecule has 0 spiro atoms. The summed E-state index contributed by atoms with van der Waals surface area (Å²) in [7, 11) is 0. The first-order valence-corrected chi connectivity index (χ1v) is 7.85. The van der Waals surface area contributed by atoms with Crippen molar-refractivity contribution >= 4 is 5.97 Å². The number of carboxylic acid groups (broad SMARTS) is 1. The second kappa shape index (κ2) is 6.16. The Kier molecular flexibility index (Phi) is 4.27. The summed E-state index contributed by atoms with van der Waals surface area (Å²) in [6.45, 7) is 4.42. The van der Waals surface area contributed by atoms with Gasteiger partial charge in [0.05, 0.1) is 12.0 Å². The number of ether oxygens (including phenoxy) is 1. The van der Waals surface area contributed by atoms with Gasteiger partial charge in [0, 0.05) is 25.7 Å². The summed E-state index contributed by atoms with van der Waals surface area (Å²) in [6, 6.07) is 8.41. The van der Waals surface area contributed by atoms with Crippen molar-refractivity contribution in [3.8, 4) is 0 Å². The standard InChI is InChI=1S/C17H23NO3/c1-2-14-9-13(7-8-21-14)18-10-12-5-3-4-6-15(12)16(11-18)17(19)20/h3-6,13-14,16H,2,7-11H2,1H3,(H,19,20). The molecule has 4 heteroatoms. The zero-order valence-electron chi connectivity index (χ0n) is 12.5. The summed E-state index contributed by atoms with van der Waals surface area (Å²) in [4.78, 5) is 14.0. The average molecular weight is 289 g/mol. The van der Waals surface area contributed by atoms with Crippen molar-refractivity contribution < 1.29 is 14.6 Å². The molecule has 1 fully saturated rings. The molecule has 3 rings (SSSR count). The van der Waals surface area contributed by atoms with Crippen LogP contribution in [-0.2, 0) is 16.1 Å². The Morgan fingerprint density at radius 1 is 1.43 bits per heavy atom. The first kappa shape index (κ1) is 14.5. The SMILES string of the molecule is CCC1CC(N2Cc3ccccc3C(C(=O)O)C2)CCO1. The molecule has 3 unspecified atom stereocenters. The topological polar surface area (TPSA) is 49.8 Å². The molecule has 0 radical (unpaired) electrons. The molecule has 2 heterocycles. The lowest BCUT2D eigenvalue weighted by Gasteiger charge is -2.41. The maximum Gasteiger partial charge on any atom is 0.312 e. The molecule has 0 saturated carbocycles. The Morgan fingerprint density at radius 2 is 2.24 bits per heavy atom. The third kappa shape index (κ3) is 2.97. The van der Waals surface area contributed by atoms with Crippen LogP contribution in [0.2, 0.25) is 0 Å². The number of benzene rings is 1. The highest BCUT2D eigenvalue weighted by Gasteiger charge is 2.35. The van der Waals surface area contributed by atoms with Gasteiger partial charge in [-0.25, -0.2) is 0 Å². The van der Waals surface area contributed by atoms with Gasteiger partial charge in [-0.2, -0.15) is 0 Å². The molecule has 0 bridgehead atoms. The van der Waals surface area contributed by atoms with Gasteiger partial charge in [-0.3, -0.25) is 9.69 Å². The van der Waals surface area contributed by atoms with E-state index in [9.17, 15) is 9.90 Å². The molecular weight excluding hydrogens is 266 g/mol. The highest BCUT2D eigenvalue weighted by molar-refractivity contribution is 5.77. The van der Waals surface area contributed by atoms with Crippen LogP contribution in [0, 0.1) is 0 Å². The minimum absolute atomic E-state index is 0.323. The van der Waals surface area contributed by atoms with Crippen molar-refractivity contribution in [1.82, 2.24) is 4.90 Å². The van der Waals surface area contributed by atoms with Crippen molar-refractivity contribution in [2.45, 2.75) is 50.8 Å². The second-order valence-electron chi connectivity index (χ2n) is 6.10. The van der Waals surface area contributed by atoms with Crippen molar-refractivity contribution in [3.05, 3.63) is 35.4 Å². The molecule has 2 aliphatic rings. The monoisotopic (exact) mass is 289 g/mol. The first-order valence-electron chi connectivity index (χ1n) is 7.85. The normalized spacial score (nSPS) is 29.9. The maximum atomic E-state index is 11.6. The maximum absolute atomic E-state index is 11.6. The fourth-order valence-corrected chi connectivity index (χ4v) is 3.60. The second-order valence-corrected chi connectivity index (χ2v) is 6.10. The number of fused-ring (bicyclic) bond motifs is 1. The van der Waals surface area contributed by atoms with Gasteiger partial charge in [0.15, 0.2) is 0 Å². The minimum Gasteiger partial charge on any atom is -0.481 e. The lowest BCUT2D eigenvalue weighted by Crippen LogP contribution is -2.46. The summed E-state index contributed by atoms with van der Waals surface area (Å²) < 4.78 is 5.75. The molecule has 1 saturated heterocycles. The van der Waals surface area contributed by atoms with E-state index in [-0.39, 0.29) is 0 Å². The van der Waals surface area contributed by atoms with Gasteiger partial charge < -0.3 is 9.84 Å². The number of hydrogen-bond acceptors (Lipinski definition) is 3. The Bertz CT molecular complexity index is 517. The average Bonchev–Trinajstić information content (AvgIpc) is 2.53. The first-order chi connectivity index (χ1) is 10.2. The van der Waals surface area contributed by atoms with Crippen LogP contribution >= 0.6 is 0 Å². The molecule has 1 aromatic rings. The summed E-state index contributed by atoms with van der Waals surface area (Å²) >= 11 is 0. The predicted octanol–water partition coefficient (Wildman–Crippen LogP) is 2.63. The van der Waals surface area contributed by atoms with E-state index in [0.29, 0.717) is 18.7 Å². The summed E-state index contributed by atoms with van der Waals surface area (Å²) in [5.74, 6) is -1.12. The zero-order chi connectivity index (χ0) is 14.8. The van der Waals surface area contributed by atoms with Crippen LogP contribution in [0.3, 0.4) is 0 Å². The number of hydrogen-bond donors (Lipinski definition) is 1. The lowest BCUT2D eigenvalue weighted by atomic mass is 9.87. The van der Waals surface area contributed by atoms with E-state index in [2.05, 4.69) is 17.9 Å². The Balaban J connectivity index is 1.81. The van der Waals surface area contributed by atoms with Crippen molar-refractivity contribution in [1.29, 1.82) is 0 Å². The molecule has 2 aliphatic heterocycles. The number of carboxylic acids is 1. The number of nitrogens with zero attached hydrogens (tertiary/aromatic N) is 1. The van der Waals surface area contributed by atoms with E-state index < -0.39 is 11.9 Å². The fourth-order valence-electron chi connectivity index (χ4n) is 3.60. The largest absolute Gasteiger partial charge is 0.481 e. The fraction of sp³-hybridized carbons (Fsp3) is 0.588. The minimum atomic E-state index is -0.716. The van der Waals surface area contributed by atoms with E-state index >= 15 is 0 Å². The van der Waals surface area contributed by atoms with Gasteiger partial charge in [-0.05, 0) is 30.4 Å². The third-order valence-corrected chi connectivity index (χ3v) is 4.83. The van der Waals surface area contributed by atoms with Crippen LogP contribution in [0.5, 0.6) is 0 Å². The molecule has 0 aliphatic carbocycles. The molecule has 4 nitrogen and oxygen atoms in total. The summed E-state index contributed by atoms with van der Waals surface area (Å²) in [5.41, 5.74) is 2.15. The van der Waals surface area contributed by atoms with Crippen LogP contribution < -0.4 is 0 Å². The van der Waals surface area contributed by atoms with Crippen LogP contribution in [0.15, 0.2) is 24.3 Å². The van der Waals surface area contributed by atoms with Crippen LogP contribution in [0.4, 0.5) is 0 Å². The molecule has 0 amide bonds. The molecule has 1 aromatic carbocycles.